The quantitative estimate of drug-likeness (QED) is 0.518. The number of hydrogen-bond donors (Lipinski definition) is 1. The van der Waals surface area contributed by atoms with Gasteiger partial charge in [0.15, 0.2) is 0 Å². The molecule has 1 amide bonds. The molecule has 0 aromatic rings. The molecule has 5 nitrogen and oxygen atoms in total. The van der Waals surface area contributed by atoms with E-state index in [-0.39, 0.29) is 12.3 Å². The van der Waals surface area contributed by atoms with Crippen molar-refractivity contribution in [3.05, 3.63) is 0 Å². The summed E-state index contributed by atoms with van der Waals surface area (Å²) in [7, 11) is 0. The summed E-state index contributed by atoms with van der Waals surface area (Å²) in [4.78, 5) is 32.9. The molecule has 5 heteroatoms. The van der Waals surface area contributed by atoms with Crippen LogP contribution in [0.2, 0.25) is 0 Å². The van der Waals surface area contributed by atoms with Crippen molar-refractivity contribution in [1.29, 1.82) is 0 Å². The van der Waals surface area contributed by atoms with Crippen molar-refractivity contribution in [2.75, 3.05) is 0 Å². The van der Waals surface area contributed by atoms with Crippen LogP contribution in [-0.4, -0.2) is 23.9 Å². The number of rotatable bonds is 3. The second kappa shape index (κ2) is 4.74. The van der Waals surface area contributed by atoms with Crippen molar-refractivity contribution >= 4 is 17.8 Å². The van der Waals surface area contributed by atoms with Crippen LogP contribution in [0.3, 0.4) is 0 Å². The van der Waals surface area contributed by atoms with E-state index in [0.717, 1.165) is 6.42 Å². The van der Waals surface area contributed by atoms with Crippen LogP contribution in [0, 0.1) is 0 Å². The molecule has 1 atom stereocenters. The minimum atomic E-state index is -0.647. The van der Waals surface area contributed by atoms with Crippen LogP contribution in [0.4, 0.5) is 0 Å². The minimum absolute atomic E-state index is 0.177. The Bertz CT molecular complexity index is 262. The normalized spacial score (nSPS) is 21.6. The summed E-state index contributed by atoms with van der Waals surface area (Å²) >= 11 is 0. The second-order valence-electron chi connectivity index (χ2n) is 3.20. The Morgan fingerprint density at radius 1 is 1.57 bits per heavy atom. The highest BCUT2D eigenvalue weighted by atomic mass is 16.6. The van der Waals surface area contributed by atoms with E-state index in [1.807, 2.05) is 6.92 Å². The smallest absolute Gasteiger partial charge is 0.336 e. The van der Waals surface area contributed by atoms with E-state index in [1.54, 1.807) is 0 Å². The first-order valence-corrected chi connectivity index (χ1v) is 4.67. The molecule has 1 N–H and O–H groups in total. The lowest BCUT2D eigenvalue weighted by Gasteiger charge is -2.20. The maximum atomic E-state index is 11.1. The van der Waals surface area contributed by atoms with Gasteiger partial charge < -0.3 is 10.1 Å². The number of carbonyl (C=O) groups excluding carboxylic acids is 3. The maximum absolute atomic E-state index is 11.1. The lowest BCUT2D eigenvalue weighted by atomic mass is 10.1. The molecular weight excluding hydrogens is 186 g/mol. The molecule has 0 spiro atoms. The minimum Gasteiger partial charge on any atom is -0.392 e. The highest BCUT2D eigenvalue weighted by Gasteiger charge is 2.29. The van der Waals surface area contributed by atoms with Crippen molar-refractivity contribution in [2.45, 2.75) is 38.6 Å². The van der Waals surface area contributed by atoms with Crippen LogP contribution in [0.15, 0.2) is 0 Å². The molecule has 1 rings (SSSR count). The molecule has 1 aliphatic heterocycles. The van der Waals surface area contributed by atoms with Gasteiger partial charge in [0.1, 0.15) is 6.04 Å². The molecule has 0 aliphatic carbocycles. The lowest BCUT2D eigenvalue weighted by molar-refractivity contribution is -0.166. The number of nitrogens with one attached hydrogen (secondary N) is 1. The highest BCUT2D eigenvalue weighted by molar-refractivity contribution is 5.93. The molecule has 1 aliphatic rings. The van der Waals surface area contributed by atoms with Gasteiger partial charge in [0.25, 0.3) is 0 Å². The van der Waals surface area contributed by atoms with Gasteiger partial charge in [-0.25, -0.2) is 4.79 Å². The van der Waals surface area contributed by atoms with Gasteiger partial charge in [-0.3, -0.25) is 9.59 Å². The van der Waals surface area contributed by atoms with Gasteiger partial charge in [-0.05, 0) is 12.8 Å². The van der Waals surface area contributed by atoms with E-state index < -0.39 is 18.0 Å². The monoisotopic (exact) mass is 199 g/mol. The van der Waals surface area contributed by atoms with Gasteiger partial charge in [0, 0.05) is 12.8 Å². The Morgan fingerprint density at radius 2 is 2.29 bits per heavy atom. The standard InChI is InChI=1S/C9H13NO4/c1-2-3-7(11)10-6-4-5-8(12)14-9(6)13/h6H,2-5H2,1H3,(H,10,11). The third-order valence-corrected chi connectivity index (χ3v) is 1.95. The highest BCUT2D eigenvalue weighted by Crippen LogP contribution is 2.09. The fourth-order valence-corrected chi connectivity index (χ4v) is 1.24. The van der Waals surface area contributed by atoms with Gasteiger partial charge in [-0.1, -0.05) is 6.92 Å². The Kier molecular flexibility index (Phi) is 3.62. The SMILES string of the molecule is CCCC(=O)NC1CCC(=O)OC1=O. The molecule has 1 unspecified atom stereocenters. The van der Waals surface area contributed by atoms with Crippen molar-refractivity contribution in [3.63, 3.8) is 0 Å². The topological polar surface area (TPSA) is 72.5 Å². The second-order valence-corrected chi connectivity index (χ2v) is 3.20. The van der Waals surface area contributed by atoms with E-state index in [1.165, 1.54) is 0 Å². The zero-order chi connectivity index (χ0) is 10.6. The summed E-state index contributed by atoms with van der Waals surface area (Å²) in [5.41, 5.74) is 0. The van der Waals surface area contributed by atoms with Crippen LogP contribution in [0.5, 0.6) is 0 Å². The summed E-state index contributed by atoms with van der Waals surface area (Å²) < 4.78 is 4.39. The molecule has 1 fully saturated rings. The third-order valence-electron chi connectivity index (χ3n) is 1.95. The van der Waals surface area contributed by atoms with E-state index in [2.05, 4.69) is 10.1 Å². The summed E-state index contributed by atoms with van der Waals surface area (Å²) in [5.74, 6) is -1.34. The fraction of sp³-hybridized carbons (Fsp3) is 0.667. The molecule has 1 heterocycles. The first kappa shape index (κ1) is 10.7. The van der Waals surface area contributed by atoms with Gasteiger partial charge in [-0.15, -0.1) is 0 Å². The summed E-state index contributed by atoms with van der Waals surface area (Å²) in [6, 6.07) is -0.647. The number of ether oxygens (including phenoxy) is 1. The number of hydrogen-bond acceptors (Lipinski definition) is 4. The molecular formula is C9H13NO4. The summed E-state index contributed by atoms with van der Waals surface area (Å²) in [6.45, 7) is 1.88. The van der Waals surface area contributed by atoms with Crippen LogP contribution < -0.4 is 5.32 Å². The average molecular weight is 199 g/mol. The zero-order valence-electron chi connectivity index (χ0n) is 8.04. The van der Waals surface area contributed by atoms with Crippen LogP contribution in [0.1, 0.15) is 32.6 Å². The zero-order valence-corrected chi connectivity index (χ0v) is 8.04. The Morgan fingerprint density at radius 3 is 2.86 bits per heavy atom. The Balaban J connectivity index is 2.41. The average Bonchev–Trinajstić information content (AvgIpc) is 2.10. The molecule has 1 saturated heterocycles. The van der Waals surface area contributed by atoms with Gasteiger partial charge in [0.2, 0.25) is 5.91 Å². The molecule has 0 bridgehead atoms. The van der Waals surface area contributed by atoms with Crippen LogP contribution >= 0.6 is 0 Å². The van der Waals surface area contributed by atoms with Gasteiger partial charge >= 0.3 is 11.9 Å². The van der Waals surface area contributed by atoms with Gasteiger partial charge in [0.05, 0.1) is 0 Å². The number of amides is 1. The number of carbonyl (C=O) groups is 3. The van der Waals surface area contributed by atoms with Crippen molar-refractivity contribution in [3.8, 4) is 0 Å². The first-order chi connectivity index (χ1) is 6.63. The predicted octanol–water partition coefficient (Wildman–Crippen LogP) is 0.135. The number of esters is 2. The van der Waals surface area contributed by atoms with Gasteiger partial charge in [-0.2, -0.15) is 0 Å². The van der Waals surface area contributed by atoms with E-state index in [0.29, 0.717) is 12.8 Å². The maximum Gasteiger partial charge on any atom is 0.336 e. The largest absolute Gasteiger partial charge is 0.392 e. The molecule has 0 aromatic heterocycles. The molecule has 0 saturated carbocycles. The van der Waals surface area contributed by atoms with Crippen molar-refractivity contribution in [1.82, 2.24) is 5.32 Å². The Hall–Kier alpha value is -1.39. The van der Waals surface area contributed by atoms with E-state index >= 15 is 0 Å². The summed E-state index contributed by atoms with van der Waals surface area (Å²) in [6.07, 6.45) is 1.64. The van der Waals surface area contributed by atoms with E-state index in [4.69, 9.17) is 0 Å². The first-order valence-electron chi connectivity index (χ1n) is 4.67. The lowest BCUT2D eigenvalue weighted by Crippen LogP contribution is -2.45. The van der Waals surface area contributed by atoms with Crippen molar-refractivity contribution < 1.29 is 19.1 Å². The van der Waals surface area contributed by atoms with Crippen LogP contribution in [0.25, 0.3) is 0 Å². The van der Waals surface area contributed by atoms with Crippen molar-refractivity contribution in [2.24, 2.45) is 0 Å². The van der Waals surface area contributed by atoms with Crippen LogP contribution in [-0.2, 0) is 19.1 Å². The molecule has 0 radical (unpaired) electrons. The van der Waals surface area contributed by atoms with E-state index in [9.17, 15) is 14.4 Å². The Labute approximate surface area is 81.8 Å². The molecule has 78 valence electrons. The third kappa shape index (κ3) is 2.83. The summed E-state index contributed by atoms with van der Waals surface area (Å²) in [5, 5.41) is 2.52. The fourth-order valence-electron chi connectivity index (χ4n) is 1.24. The molecule has 0 aromatic carbocycles. The predicted molar refractivity (Wildman–Crippen MR) is 47.2 cm³/mol. The number of cyclic esters (lactones) is 2. The molecule has 14 heavy (non-hydrogen) atoms.